The Morgan fingerprint density at radius 1 is 0.862 bits per heavy atom. The van der Waals surface area contributed by atoms with Gasteiger partial charge in [-0.1, -0.05) is 35.9 Å². The van der Waals surface area contributed by atoms with Crippen LogP contribution in [0.15, 0.2) is 72.8 Å². The molecule has 1 heterocycles. The van der Waals surface area contributed by atoms with Crippen molar-refractivity contribution in [2.45, 2.75) is 6.10 Å². The number of carbonyl (C=O) groups excluding carboxylic acids is 2. The van der Waals surface area contributed by atoms with Crippen molar-refractivity contribution in [3.63, 3.8) is 0 Å². The smallest absolute Gasteiger partial charge is 0.269 e. The van der Waals surface area contributed by atoms with Gasteiger partial charge < -0.3 is 20.1 Å². The van der Waals surface area contributed by atoms with Gasteiger partial charge in [0.2, 0.25) is 6.10 Å². The molecule has 7 heteroatoms. The van der Waals surface area contributed by atoms with Crippen LogP contribution in [0.5, 0.6) is 11.5 Å². The fourth-order valence-electron chi connectivity index (χ4n) is 2.83. The van der Waals surface area contributed by atoms with Crippen molar-refractivity contribution >= 4 is 34.8 Å². The lowest BCUT2D eigenvalue weighted by molar-refractivity contribution is -0.125. The largest absolute Gasteiger partial charge is 0.485 e. The molecule has 6 nitrogen and oxygen atoms in total. The summed E-state index contributed by atoms with van der Waals surface area (Å²) >= 11 is 6.06. The molecule has 4 rings (SSSR count). The molecule has 0 aliphatic carbocycles. The minimum absolute atomic E-state index is 0.126. The summed E-state index contributed by atoms with van der Waals surface area (Å²) in [5, 5.41) is 5.98. The molecule has 0 radical (unpaired) electrons. The molecule has 1 aliphatic heterocycles. The van der Waals surface area contributed by atoms with Gasteiger partial charge in [-0.3, -0.25) is 9.59 Å². The summed E-state index contributed by atoms with van der Waals surface area (Å²) in [6, 6.07) is 20.7. The van der Waals surface area contributed by atoms with Crippen LogP contribution in [0, 0.1) is 0 Å². The van der Waals surface area contributed by atoms with E-state index in [1.54, 1.807) is 60.7 Å². The maximum absolute atomic E-state index is 12.5. The summed E-state index contributed by atoms with van der Waals surface area (Å²) in [4.78, 5) is 24.8. The number of hydrogen-bond acceptors (Lipinski definition) is 4. The van der Waals surface area contributed by atoms with E-state index in [9.17, 15) is 9.59 Å². The Bertz CT molecular complexity index is 1050. The molecule has 146 valence electrons. The van der Waals surface area contributed by atoms with E-state index in [1.807, 2.05) is 12.1 Å². The molecule has 29 heavy (non-hydrogen) atoms. The number of rotatable bonds is 4. The standard InChI is InChI=1S/C22H17ClN2O4/c23-16-5-1-2-6-17(16)25-21(26)14-9-11-15(12-10-14)24-22(27)20-13-28-18-7-3-4-8-19(18)29-20/h1-12,20H,13H2,(H,24,27)(H,25,26). The van der Waals surface area contributed by atoms with Crippen LogP contribution in [0.2, 0.25) is 5.02 Å². The van der Waals surface area contributed by atoms with E-state index in [0.29, 0.717) is 33.5 Å². The average Bonchev–Trinajstić information content (AvgIpc) is 2.75. The van der Waals surface area contributed by atoms with Crippen LogP contribution in [-0.4, -0.2) is 24.5 Å². The third-order valence-electron chi connectivity index (χ3n) is 4.34. The summed E-state index contributed by atoms with van der Waals surface area (Å²) in [6.07, 6.45) is -0.756. The minimum Gasteiger partial charge on any atom is -0.485 e. The van der Waals surface area contributed by atoms with Gasteiger partial charge in [0.25, 0.3) is 11.8 Å². The van der Waals surface area contributed by atoms with E-state index in [1.165, 1.54) is 0 Å². The molecular weight excluding hydrogens is 392 g/mol. The number of amides is 2. The highest BCUT2D eigenvalue weighted by Crippen LogP contribution is 2.31. The first-order chi connectivity index (χ1) is 14.1. The maximum Gasteiger partial charge on any atom is 0.269 e. The zero-order valence-electron chi connectivity index (χ0n) is 15.2. The van der Waals surface area contributed by atoms with E-state index < -0.39 is 6.10 Å². The van der Waals surface area contributed by atoms with Crippen LogP contribution < -0.4 is 20.1 Å². The number of carbonyl (C=O) groups is 2. The number of ether oxygens (including phenoxy) is 2. The van der Waals surface area contributed by atoms with E-state index in [-0.39, 0.29) is 18.4 Å². The topological polar surface area (TPSA) is 76.7 Å². The van der Waals surface area contributed by atoms with Gasteiger partial charge in [-0.15, -0.1) is 0 Å². The molecule has 0 aromatic heterocycles. The van der Waals surface area contributed by atoms with Gasteiger partial charge in [0.05, 0.1) is 10.7 Å². The summed E-state index contributed by atoms with van der Waals surface area (Å²) in [6.45, 7) is 0.126. The number of benzene rings is 3. The Hall–Kier alpha value is -3.51. The van der Waals surface area contributed by atoms with Gasteiger partial charge in [-0.05, 0) is 48.5 Å². The number of nitrogens with one attached hydrogen (secondary N) is 2. The molecule has 1 unspecified atom stereocenters. The van der Waals surface area contributed by atoms with Gasteiger partial charge in [0, 0.05) is 11.3 Å². The Morgan fingerprint density at radius 3 is 2.31 bits per heavy atom. The lowest BCUT2D eigenvalue weighted by Gasteiger charge is -2.25. The second kappa shape index (κ2) is 8.24. The van der Waals surface area contributed by atoms with Crippen LogP contribution in [0.4, 0.5) is 11.4 Å². The summed E-state index contributed by atoms with van der Waals surface area (Å²) in [5.41, 5.74) is 1.52. The first kappa shape index (κ1) is 18.8. The number of fused-ring (bicyclic) bond motifs is 1. The van der Waals surface area contributed by atoms with Crippen molar-refractivity contribution in [1.29, 1.82) is 0 Å². The molecule has 2 amide bonds. The van der Waals surface area contributed by atoms with Crippen molar-refractivity contribution in [3.8, 4) is 11.5 Å². The van der Waals surface area contributed by atoms with Crippen LogP contribution in [-0.2, 0) is 4.79 Å². The van der Waals surface area contributed by atoms with Crippen molar-refractivity contribution in [1.82, 2.24) is 0 Å². The molecule has 0 bridgehead atoms. The second-order valence-electron chi connectivity index (χ2n) is 6.36. The zero-order valence-corrected chi connectivity index (χ0v) is 16.0. The lowest BCUT2D eigenvalue weighted by atomic mass is 10.1. The fourth-order valence-corrected chi connectivity index (χ4v) is 3.02. The van der Waals surface area contributed by atoms with Gasteiger partial charge in [0.1, 0.15) is 6.61 Å². The summed E-state index contributed by atoms with van der Waals surface area (Å²) < 4.78 is 11.3. The zero-order chi connectivity index (χ0) is 20.2. The predicted octanol–water partition coefficient (Wildman–Crippen LogP) is 4.37. The third kappa shape index (κ3) is 4.33. The van der Waals surface area contributed by atoms with Crippen molar-refractivity contribution in [2.75, 3.05) is 17.2 Å². The lowest BCUT2D eigenvalue weighted by Crippen LogP contribution is -2.40. The van der Waals surface area contributed by atoms with Gasteiger partial charge in [-0.25, -0.2) is 0 Å². The summed E-state index contributed by atoms with van der Waals surface area (Å²) in [5.74, 6) is 0.528. The van der Waals surface area contributed by atoms with E-state index >= 15 is 0 Å². The molecule has 0 saturated heterocycles. The third-order valence-corrected chi connectivity index (χ3v) is 4.67. The molecule has 0 saturated carbocycles. The number of anilines is 2. The van der Waals surface area contributed by atoms with Gasteiger partial charge in [0.15, 0.2) is 11.5 Å². The summed E-state index contributed by atoms with van der Waals surface area (Å²) in [7, 11) is 0. The SMILES string of the molecule is O=C(Nc1ccccc1Cl)c1ccc(NC(=O)C2COc3ccccc3O2)cc1. The van der Waals surface area contributed by atoms with Gasteiger partial charge >= 0.3 is 0 Å². The quantitative estimate of drug-likeness (QED) is 0.672. The highest BCUT2D eigenvalue weighted by Gasteiger charge is 2.27. The first-order valence-corrected chi connectivity index (χ1v) is 9.33. The van der Waals surface area contributed by atoms with Crippen molar-refractivity contribution in [3.05, 3.63) is 83.4 Å². The molecule has 0 spiro atoms. The van der Waals surface area contributed by atoms with Crippen molar-refractivity contribution in [2.24, 2.45) is 0 Å². The minimum atomic E-state index is -0.756. The molecule has 0 fully saturated rings. The van der Waals surface area contributed by atoms with E-state index in [0.717, 1.165) is 0 Å². The number of halogens is 1. The fraction of sp³-hybridized carbons (Fsp3) is 0.0909. The van der Waals surface area contributed by atoms with Crippen LogP contribution >= 0.6 is 11.6 Å². The second-order valence-corrected chi connectivity index (χ2v) is 6.77. The highest BCUT2D eigenvalue weighted by molar-refractivity contribution is 6.33. The molecular formula is C22H17ClN2O4. The molecule has 1 atom stereocenters. The molecule has 2 N–H and O–H groups in total. The van der Waals surface area contributed by atoms with Crippen LogP contribution in [0.1, 0.15) is 10.4 Å². The molecule has 1 aliphatic rings. The maximum atomic E-state index is 12.5. The Balaban J connectivity index is 1.38. The first-order valence-electron chi connectivity index (χ1n) is 8.95. The van der Waals surface area contributed by atoms with Crippen LogP contribution in [0.3, 0.4) is 0 Å². The normalized spacial score (nSPS) is 14.7. The monoisotopic (exact) mass is 408 g/mol. The predicted molar refractivity (Wildman–Crippen MR) is 111 cm³/mol. The Kier molecular flexibility index (Phi) is 5.35. The number of hydrogen-bond donors (Lipinski definition) is 2. The number of para-hydroxylation sites is 3. The average molecular weight is 409 g/mol. The van der Waals surface area contributed by atoms with Crippen LogP contribution in [0.25, 0.3) is 0 Å². The molecule has 3 aromatic carbocycles. The Labute approximate surface area is 172 Å². The van der Waals surface area contributed by atoms with Gasteiger partial charge in [-0.2, -0.15) is 0 Å². The van der Waals surface area contributed by atoms with Crippen molar-refractivity contribution < 1.29 is 19.1 Å². The van der Waals surface area contributed by atoms with E-state index in [2.05, 4.69) is 10.6 Å². The van der Waals surface area contributed by atoms with E-state index in [4.69, 9.17) is 21.1 Å². The molecule has 3 aromatic rings. The highest BCUT2D eigenvalue weighted by atomic mass is 35.5. The Morgan fingerprint density at radius 2 is 1.55 bits per heavy atom.